The predicted molar refractivity (Wildman–Crippen MR) is 98.3 cm³/mol. The van der Waals surface area contributed by atoms with E-state index in [0.29, 0.717) is 17.3 Å². The lowest BCUT2D eigenvalue weighted by Crippen LogP contribution is -2.12. The second-order valence-electron chi connectivity index (χ2n) is 5.97. The topological polar surface area (TPSA) is 27.1 Å². The Labute approximate surface area is 164 Å². The molecule has 0 saturated carbocycles. The fraction of sp³-hybridized carbons (Fsp3) is 0.211. The smallest absolute Gasteiger partial charge is 0.416 e. The first-order chi connectivity index (χ1) is 12.7. The summed E-state index contributed by atoms with van der Waals surface area (Å²) < 4.78 is 47.2. The normalized spacial score (nSPS) is 11.6. The van der Waals surface area contributed by atoms with Gasteiger partial charge in [0, 0.05) is 33.1 Å². The summed E-state index contributed by atoms with van der Waals surface area (Å²) in [5, 5.41) is 4.74. The number of hydrogen-bond acceptors (Lipinski definition) is 2. The quantitative estimate of drug-likeness (QED) is 0.500. The molecule has 0 amide bonds. The van der Waals surface area contributed by atoms with Crippen LogP contribution >= 0.6 is 23.2 Å². The van der Waals surface area contributed by atoms with Gasteiger partial charge in [-0.15, -0.1) is 0 Å². The molecule has 0 aliphatic rings. The van der Waals surface area contributed by atoms with E-state index in [1.165, 1.54) is 12.1 Å². The molecule has 0 saturated heterocycles. The van der Waals surface area contributed by atoms with Gasteiger partial charge in [-0.2, -0.15) is 18.3 Å². The third-order valence-electron chi connectivity index (χ3n) is 4.03. The van der Waals surface area contributed by atoms with Gasteiger partial charge in [0.25, 0.3) is 0 Å². The lowest BCUT2D eigenvalue weighted by Gasteiger charge is -2.16. The molecule has 0 N–H and O–H groups in total. The summed E-state index contributed by atoms with van der Waals surface area (Å²) in [6, 6.07) is 10.5. The van der Waals surface area contributed by atoms with Crippen molar-refractivity contribution in [3.8, 4) is 5.75 Å². The number of aryl methyl sites for hydroxylation is 1. The van der Waals surface area contributed by atoms with Crippen LogP contribution in [0.5, 0.6) is 5.75 Å². The van der Waals surface area contributed by atoms with Gasteiger partial charge < -0.3 is 4.74 Å². The maximum absolute atomic E-state index is 13.2. The van der Waals surface area contributed by atoms with Crippen molar-refractivity contribution in [2.24, 2.45) is 0 Å². The molecule has 3 rings (SSSR count). The molecular weight excluding hydrogens is 400 g/mol. The van der Waals surface area contributed by atoms with Gasteiger partial charge in [0.15, 0.2) is 0 Å². The SMILES string of the molecule is Cc1ccnn1Cc1cc(Cl)ccc1OCc1ccc(Cl)cc1C(F)(F)F. The number of halogens is 5. The second kappa shape index (κ2) is 7.82. The Morgan fingerprint density at radius 2 is 1.70 bits per heavy atom. The zero-order valence-corrected chi connectivity index (χ0v) is 15.7. The Morgan fingerprint density at radius 1 is 1.00 bits per heavy atom. The van der Waals surface area contributed by atoms with Crippen LogP contribution in [-0.2, 0) is 19.3 Å². The Bertz CT molecular complexity index is 954. The van der Waals surface area contributed by atoms with Gasteiger partial charge in [0.2, 0.25) is 0 Å². The molecule has 0 fully saturated rings. The number of alkyl halides is 3. The molecule has 0 aliphatic heterocycles. The van der Waals surface area contributed by atoms with Crippen LogP contribution in [0.4, 0.5) is 13.2 Å². The van der Waals surface area contributed by atoms with Crippen LogP contribution in [-0.4, -0.2) is 9.78 Å². The minimum Gasteiger partial charge on any atom is -0.489 e. The van der Waals surface area contributed by atoms with E-state index in [1.807, 2.05) is 13.0 Å². The first-order valence-corrected chi connectivity index (χ1v) is 8.75. The summed E-state index contributed by atoms with van der Waals surface area (Å²) in [6.45, 7) is 2.04. The zero-order valence-electron chi connectivity index (χ0n) is 14.2. The first kappa shape index (κ1) is 19.6. The third-order valence-corrected chi connectivity index (χ3v) is 4.50. The highest BCUT2D eigenvalue weighted by Gasteiger charge is 2.33. The summed E-state index contributed by atoms with van der Waals surface area (Å²) in [6.07, 6.45) is -2.84. The maximum atomic E-state index is 13.2. The number of benzene rings is 2. The standard InChI is InChI=1S/C19H15Cl2F3N2O/c1-12-6-7-25-26(12)10-14-8-15(20)4-5-18(14)27-11-13-2-3-16(21)9-17(13)19(22,23)24/h2-9H,10-11H2,1H3. The van der Waals surface area contributed by atoms with Crippen molar-refractivity contribution in [2.45, 2.75) is 26.3 Å². The van der Waals surface area contributed by atoms with E-state index in [0.717, 1.165) is 17.3 Å². The molecule has 0 unspecified atom stereocenters. The molecule has 3 nitrogen and oxygen atoms in total. The van der Waals surface area contributed by atoms with Crippen LogP contribution in [0, 0.1) is 6.92 Å². The van der Waals surface area contributed by atoms with Crippen molar-refractivity contribution in [2.75, 3.05) is 0 Å². The Hall–Kier alpha value is -2.18. The zero-order chi connectivity index (χ0) is 19.6. The average molecular weight is 415 g/mol. The second-order valence-corrected chi connectivity index (χ2v) is 6.84. The number of hydrogen-bond donors (Lipinski definition) is 0. The minimum atomic E-state index is -4.52. The highest BCUT2D eigenvalue weighted by Crippen LogP contribution is 2.34. The lowest BCUT2D eigenvalue weighted by molar-refractivity contribution is -0.138. The number of aromatic nitrogens is 2. The highest BCUT2D eigenvalue weighted by atomic mass is 35.5. The minimum absolute atomic E-state index is 0.00284. The van der Waals surface area contributed by atoms with Gasteiger partial charge in [-0.05, 0) is 43.3 Å². The maximum Gasteiger partial charge on any atom is 0.416 e. The highest BCUT2D eigenvalue weighted by molar-refractivity contribution is 6.31. The largest absolute Gasteiger partial charge is 0.489 e. The number of nitrogens with zero attached hydrogens (tertiary/aromatic N) is 2. The summed E-state index contributed by atoms with van der Waals surface area (Å²) >= 11 is 11.8. The van der Waals surface area contributed by atoms with Gasteiger partial charge in [-0.3, -0.25) is 4.68 Å². The molecule has 1 aromatic heterocycles. The van der Waals surface area contributed by atoms with E-state index in [2.05, 4.69) is 5.10 Å². The molecule has 0 atom stereocenters. The lowest BCUT2D eigenvalue weighted by atomic mass is 10.1. The van der Waals surface area contributed by atoms with Crippen LogP contribution in [0.15, 0.2) is 48.7 Å². The van der Waals surface area contributed by atoms with Crippen LogP contribution in [0.2, 0.25) is 10.0 Å². The first-order valence-electron chi connectivity index (χ1n) is 7.99. The molecule has 0 aliphatic carbocycles. The molecule has 2 aromatic carbocycles. The fourth-order valence-corrected chi connectivity index (χ4v) is 3.00. The molecule has 142 valence electrons. The van der Waals surface area contributed by atoms with E-state index in [-0.39, 0.29) is 17.2 Å². The van der Waals surface area contributed by atoms with Crippen LogP contribution in [0.25, 0.3) is 0 Å². The molecule has 27 heavy (non-hydrogen) atoms. The predicted octanol–water partition coefficient (Wildman–Crippen LogP) is 6.14. The summed E-state index contributed by atoms with van der Waals surface area (Å²) in [5.74, 6) is 0.442. The summed E-state index contributed by atoms with van der Waals surface area (Å²) in [5.41, 5.74) is 0.853. The van der Waals surface area contributed by atoms with Gasteiger partial charge in [0.1, 0.15) is 12.4 Å². The van der Waals surface area contributed by atoms with Crippen molar-refractivity contribution in [1.82, 2.24) is 9.78 Å². The van der Waals surface area contributed by atoms with Crippen molar-refractivity contribution in [3.05, 3.63) is 81.1 Å². The van der Waals surface area contributed by atoms with Gasteiger partial charge in [-0.25, -0.2) is 0 Å². The Balaban J connectivity index is 1.86. The Kier molecular flexibility index (Phi) is 5.67. The van der Waals surface area contributed by atoms with E-state index < -0.39 is 11.7 Å². The van der Waals surface area contributed by atoms with Crippen molar-refractivity contribution in [3.63, 3.8) is 0 Å². The average Bonchev–Trinajstić information content (AvgIpc) is 2.99. The van der Waals surface area contributed by atoms with Crippen molar-refractivity contribution < 1.29 is 17.9 Å². The van der Waals surface area contributed by atoms with E-state index in [1.54, 1.807) is 29.1 Å². The van der Waals surface area contributed by atoms with E-state index >= 15 is 0 Å². The summed E-state index contributed by atoms with van der Waals surface area (Å²) in [4.78, 5) is 0. The fourth-order valence-electron chi connectivity index (χ4n) is 2.63. The number of rotatable bonds is 5. The number of ether oxygens (including phenoxy) is 1. The Morgan fingerprint density at radius 3 is 2.37 bits per heavy atom. The molecule has 8 heteroatoms. The summed E-state index contributed by atoms with van der Waals surface area (Å²) in [7, 11) is 0. The molecule has 3 aromatic rings. The van der Waals surface area contributed by atoms with Crippen molar-refractivity contribution in [1.29, 1.82) is 0 Å². The molecular formula is C19H15Cl2F3N2O. The van der Waals surface area contributed by atoms with Gasteiger partial charge in [-0.1, -0.05) is 29.3 Å². The van der Waals surface area contributed by atoms with Crippen LogP contribution in [0.3, 0.4) is 0 Å². The van der Waals surface area contributed by atoms with Crippen LogP contribution < -0.4 is 4.74 Å². The van der Waals surface area contributed by atoms with E-state index in [4.69, 9.17) is 27.9 Å². The monoisotopic (exact) mass is 414 g/mol. The molecule has 0 radical (unpaired) electrons. The molecule has 0 spiro atoms. The van der Waals surface area contributed by atoms with E-state index in [9.17, 15) is 13.2 Å². The van der Waals surface area contributed by atoms with Gasteiger partial charge in [0.05, 0.1) is 12.1 Å². The third kappa shape index (κ3) is 4.76. The van der Waals surface area contributed by atoms with Gasteiger partial charge >= 0.3 is 6.18 Å². The van der Waals surface area contributed by atoms with Crippen LogP contribution in [0.1, 0.15) is 22.4 Å². The molecule has 0 bridgehead atoms. The molecule has 1 heterocycles. The van der Waals surface area contributed by atoms with Crippen molar-refractivity contribution >= 4 is 23.2 Å².